The number of benzene rings is 9. The van der Waals surface area contributed by atoms with E-state index in [1.807, 2.05) is 11.3 Å². The van der Waals surface area contributed by atoms with Crippen LogP contribution in [0, 0.1) is 0 Å². The smallest absolute Gasteiger partial charge is 0.0547 e. The lowest BCUT2D eigenvalue weighted by atomic mass is 10.0. The average Bonchev–Trinajstić information content (AvgIpc) is 3.76. The Labute approximate surface area is 311 Å². The van der Waals surface area contributed by atoms with Crippen LogP contribution in [0.4, 0.5) is 17.1 Å². The van der Waals surface area contributed by atoms with Crippen molar-refractivity contribution in [2.45, 2.75) is 0 Å². The minimum Gasteiger partial charge on any atom is -0.310 e. The van der Waals surface area contributed by atoms with E-state index in [1.54, 1.807) is 0 Å². The summed E-state index contributed by atoms with van der Waals surface area (Å²) in [5.41, 5.74) is 9.36. The van der Waals surface area contributed by atoms with Gasteiger partial charge in [0, 0.05) is 53.4 Å². The van der Waals surface area contributed by atoms with Gasteiger partial charge in [0.1, 0.15) is 0 Å². The Kier molecular flexibility index (Phi) is 6.76. The molecule has 248 valence electrons. The molecule has 0 aliphatic carbocycles. The van der Waals surface area contributed by atoms with Crippen LogP contribution in [0.25, 0.3) is 80.3 Å². The van der Waals surface area contributed by atoms with Gasteiger partial charge in [-0.25, -0.2) is 0 Å². The van der Waals surface area contributed by atoms with E-state index in [1.165, 1.54) is 80.3 Å². The predicted molar refractivity (Wildman–Crippen MR) is 229 cm³/mol. The second-order valence-electron chi connectivity index (χ2n) is 13.8. The number of hydrogen-bond acceptors (Lipinski definition) is 2. The maximum absolute atomic E-state index is 2.44. The van der Waals surface area contributed by atoms with E-state index in [-0.39, 0.29) is 0 Å². The van der Waals surface area contributed by atoms with Crippen LogP contribution in [-0.2, 0) is 0 Å². The molecule has 0 spiro atoms. The average molecular weight is 693 g/mol. The fourth-order valence-corrected chi connectivity index (χ4v) is 9.39. The molecule has 2 aromatic heterocycles. The number of aromatic nitrogens is 1. The molecule has 11 rings (SSSR count). The molecule has 0 fully saturated rings. The van der Waals surface area contributed by atoms with Crippen molar-refractivity contribution in [3.63, 3.8) is 0 Å². The van der Waals surface area contributed by atoms with Crippen molar-refractivity contribution < 1.29 is 0 Å². The Morgan fingerprint density at radius 2 is 1.02 bits per heavy atom. The summed E-state index contributed by atoms with van der Waals surface area (Å²) in [5, 5.41) is 10.0. The van der Waals surface area contributed by atoms with Crippen LogP contribution < -0.4 is 4.90 Å². The lowest BCUT2D eigenvalue weighted by Crippen LogP contribution is -2.10. The van der Waals surface area contributed by atoms with E-state index >= 15 is 0 Å². The Morgan fingerprint density at radius 1 is 0.358 bits per heavy atom. The Bertz CT molecular complexity index is 3200. The third kappa shape index (κ3) is 4.86. The van der Waals surface area contributed by atoms with Crippen LogP contribution in [0.5, 0.6) is 0 Å². The number of thiophene rings is 1. The number of rotatable bonds is 5. The molecule has 0 amide bonds. The fourth-order valence-electron chi connectivity index (χ4n) is 8.25. The molecule has 2 heterocycles. The summed E-state index contributed by atoms with van der Waals surface area (Å²) in [5.74, 6) is 0. The molecule has 9 aromatic carbocycles. The van der Waals surface area contributed by atoms with Crippen LogP contribution in [0.1, 0.15) is 0 Å². The third-order valence-electron chi connectivity index (χ3n) is 10.7. The zero-order chi connectivity index (χ0) is 34.9. The standard InChI is InChI=1S/C50H32N2S/c1-2-13-35-29-39(25-23-33(35)11-1)51(46-21-10-14-34-12-3-4-17-41(34)46)38-16-9-15-36(30-38)37-24-27-43-42-18-5-7-20-47(42)52(48(43)31-37)40-26-28-45-44-19-6-8-22-49(44)53-50(45)32-40/h1-32H. The van der Waals surface area contributed by atoms with Gasteiger partial charge < -0.3 is 9.47 Å². The third-order valence-corrected chi connectivity index (χ3v) is 11.9. The van der Waals surface area contributed by atoms with Gasteiger partial charge in [-0.15, -0.1) is 11.3 Å². The highest BCUT2D eigenvalue weighted by atomic mass is 32.1. The summed E-state index contributed by atoms with van der Waals surface area (Å²) in [6.45, 7) is 0. The minimum absolute atomic E-state index is 1.12. The zero-order valence-corrected chi connectivity index (χ0v) is 29.6. The monoisotopic (exact) mass is 692 g/mol. The zero-order valence-electron chi connectivity index (χ0n) is 28.8. The van der Waals surface area contributed by atoms with Crippen molar-refractivity contribution in [3.05, 3.63) is 194 Å². The number of nitrogens with zero attached hydrogens (tertiary/aromatic N) is 2. The predicted octanol–water partition coefficient (Wildman–Crippen LogP) is 14.6. The quantitative estimate of drug-likeness (QED) is 0.174. The van der Waals surface area contributed by atoms with Crippen molar-refractivity contribution in [2.75, 3.05) is 4.90 Å². The van der Waals surface area contributed by atoms with Gasteiger partial charge >= 0.3 is 0 Å². The summed E-state index contributed by atoms with van der Waals surface area (Å²) < 4.78 is 5.07. The van der Waals surface area contributed by atoms with E-state index in [2.05, 4.69) is 204 Å². The first-order valence-corrected chi connectivity index (χ1v) is 18.9. The van der Waals surface area contributed by atoms with Crippen LogP contribution in [-0.4, -0.2) is 4.57 Å². The summed E-state index contributed by atoms with van der Waals surface area (Å²) in [6.07, 6.45) is 0. The van der Waals surface area contributed by atoms with Gasteiger partial charge in [0.15, 0.2) is 0 Å². The topological polar surface area (TPSA) is 8.17 Å². The second-order valence-corrected chi connectivity index (χ2v) is 14.9. The van der Waals surface area contributed by atoms with Gasteiger partial charge in [-0.05, 0) is 87.9 Å². The number of hydrogen-bond donors (Lipinski definition) is 0. The molecule has 0 aliphatic rings. The highest BCUT2D eigenvalue weighted by molar-refractivity contribution is 7.25. The molecule has 2 nitrogen and oxygen atoms in total. The van der Waals surface area contributed by atoms with Crippen LogP contribution in [0.15, 0.2) is 194 Å². The molecule has 0 N–H and O–H groups in total. The first kappa shape index (κ1) is 30.0. The van der Waals surface area contributed by atoms with Crippen LogP contribution in [0.3, 0.4) is 0 Å². The first-order valence-electron chi connectivity index (χ1n) is 18.1. The molecule has 0 bridgehead atoms. The van der Waals surface area contributed by atoms with Gasteiger partial charge in [0.05, 0.1) is 16.7 Å². The van der Waals surface area contributed by atoms with E-state index in [4.69, 9.17) is 0 Å². The minimum atomic E-state index is 1.12. The maximum Gasteiger partial charge on any atom is 0.0547 e. The molecule has 0 aliphatic heterocycles. The number of para-hydroxylation sites is 1. The molecule has 11 aromatic rings. The lowest BCUT2D eigenvalue weighted by molar-refractivity contribution is 1.19. The van der Waals surface area contributed by atoms with Gasteiger partial charge in [0.25, 0.3) is 0 Å². The van der Waals surface area contributed by atoms with Crippen molar-refractivity contribution in [1.82, 2.24) is 4.57 Å². The van der Waals surface area contributed by atoms with Gasteiger partial charge in [-0.3, -0.25) is 0 Å². The van der Waals surface area contributed by atoms with Gasteiger partial charge in [-0.2, -0.15) is 0 Å². The molecule has 0 saturated carbocycles. The molecule has 0 saturated heterocycles. The highest BCUT2D eigenvalue weighted by Crippen LogP contribution is 2.43. The molecular weight excluding hydrogens is 661 g/mol. The highest BCUT2D eigenvalue weighted by Gasteiger charge is 2.18. The van der Waals surface area contributed by atoms with Crippen molar-refractivity contribution in [3.8, 4) is 16.8 Å². The second kappa shape index (κ2) is 11.9. The fraction of sp³-hybridized carbons (Fsp3) is 0. The van der Waals surface area contributed by atoms with Crippen molar-refractivity contribution in [1.29, 1.82) is 0 Å². The number of anilines is 3. The molecule has 0 atom stereocenters. The van der Waals surface area contributed by atoms with E-state index in [9.17, 15) is 0 Å². The Hall–Kier alpha value is -6.68. The largest absolute Gasteiger partial charge is 0.310 e. The molecule has 0 unspecified atom stereocenters. The van der Waals surface area contributed by atoms with E-state index < -0.39 is 0 Å². The maximum atomic E-state index is 2.44. The van der Waals surface area contributed by atoms with Crippen molar-refractivity contribution >= 4 is 91.9 Å². The van der Waals surface area contributed by atoms with Crippen molar-refractivity contribution in [2.24, 2.45) is 0 Å². The summed E-state index contributed by atoms with van der Waals surface area (Å²) in [4.78, 5) is 2.41. The molecule has 3 heteroatoms. The SMILES string of the molecule is c1cc(-c2ccc3c4ccccc4n(-c4ccc5c(c4)sc4ccccc45)c3c2)cc(N(c2ccc3ccccc3c2)c2cccc3ccccc23)c1. The van der Waals surface area contributed by atoms with Crippen LogP contribution in [0.2, 0.25) is 0 Å². The van der Waals surface area contributed by atoms with Gasteiger partial charge in [-0.1, -0.05) is 133 Å². The lowest BCUT2D eigenvalue weighted by Gasteiger charge is -2.27. The van der Waals surface area contributed by atoms with E-state index in [0.717, 1.165) is 17.1 Å². The summed E-state index contributed by atoms with van der Waals surface area (Å²) >= 11 is 1.87. The summed E-state index contributed by atoms with van der Waals surface area (Å²) in [7, 11) is 0. The van der Waals surface area contributed by atoms with Crippen LogP contribution >= 0.6 is 11.3 Å². The molecule has 0 radical (unpaired) electrons. The Morgan fingerprint density at radius 3 is 1.94 bits per heavy atom. The first-order chi connectivity index (χ1) is 26.3. The Balaban J connectivity index is 1.10. The normalized spacial score (nSPS) is 11.8. The van der Waals surface area contributed by atoms with E-state index in [0.29, 0.717) is 0 Å². The molecule has 53 heavy (non-hydrogen) atoms. The van der Waals surface area contributed by atoms with Gasteiger partial charge in [0.2, 0.25) is 0 Å². The molecular formula is C50H32N2S. The summed E-state index contributed by atoms with van der Waals surface area (Å²) in [6, 6.07) is 71.1. The number of fused-ring (bicyclic) bond motifs is 8.